The first-order valence-corrected chi connectivity index (χ1v) is 9.06. The molecule has 0 aliphatic carbocycles. The fourth-order valence-electron chi connectivity index (χ4n) is 3.16. The largest absolute Gasteiger partial charge is 0.398 e. The van der Waals surface area contributed by atoms with Crippen LogP contribution >= 0.6 is 0 Å². The molecule has 0 bridgehead atoms. The number of aliphatic imine (C=N–C) groups is 1. The highest BCUT2D eigenvalue weighted by atomic mass is 19.1. The number of aryl methyl sites for hydroxylation is 1. The second-order valence-corrected chi connectivity index (χ2v) is 6.66. The van der Waals surface area contributed by atoms with Crippen molar-refractivity contribution in [2.45, 2.75) is 38.3 Å². The van der Waals surface area contributed by atoms with Crippen LogP contribution in [0, 0.1) is 0 Å². The number of fused-ring (bicyclic) bond motifs is 1. The molecule has 2 aromatic rings. The number of nitrogens with one attached hydrogen (secondary N) is 1. The van der Waals surface area contributed by atoms with Gasteiger partial charge in [0.25, 0.3) is 0 Å². The van der Waals surface area contributed by atoms with Crippen LogP contribution in [0.5, 0.6) is 0 Å². The molecule has 142 valence electrons. The quantitative estimate of drug-likeness (QED) is 0.526. The van der Waals surface area contributed by atoms with Gasteiger partial charge in [0.05, 0.1) is 5.71 Å². The number of alkyl halides is 1. The highest BCUT2D eigenvalue weighted by Gasteiger charge is 2.14. The minimum atomic E-state index is -0.936. The second kappa shape index (κ2) is 8.62. The number of allylic oxidation sites excluding steroid dienone is 2. The van der Waals surface area contributed by atoms with Gasteiger partial charge < -0.3 is 15.6 Å². The van der Waals surface area contributed by atoms with Crippen LogP contribution in [-0.4, -0.2) is 34.4 Å². The normalized spacial score (nSPS) is 15.1. The number of halogens is 1. The van der Waals surface area contributed by atoms with Gasteiger partial charge in [0.1, 0.15) is 11.8 Å². The van der Waals surface area contributed by atoms with Gasteiger partial charge in [-0.1, -0.05) is 6.58 Å². The van der Waals surface area contributed by atoms with E-state index in [2.05, 4.69) is 27.9 Å². The van der Waals surface area contributed by atoms with Crippen molar-refractivity contribution in [1.29, 1.82) is 0 Å². The van der Waals surface area contributed by atoms with Crippen LogP contribution in [0.3, 0.4) is 0 Å². The number of rotatable bonds is 9. The molecule has 0 aromatic carbocycles. The number of hydrogen-bond donors (Lipinski definition) is 2. The molecule has 6 nitrogen and oxygen atoms in total. The van der Waals surface area contributed by atoms with E-state index in [1.807, 2.05) is 23.0 Å². The average molecular weight is 369 g/mol. The van der Waals surface area contributed by atoms with Gasteiger partial charge in [-0.15, -0.1) is 0 Å². The summed E-state index contributed by atoms with van der Waals surface area (Å²) in [4.78, 5) is 19.1. The lowest BCUT2D eigenvalue weighted by Gasteiger charge is -2.15. The summed E-state index contributed by atoms with van der Waals surface area (Å²) in [5.41, 5.74) is 9.97. The second-order valence-electron chi connectivity index (χ2n) is 6.66. The molecule has 1 unspecified atom stereocenters. The number of carbonyl (C=O) groups is 1. The van der Waals surface area contributed by atoms with E-state index in [0.29, 0.717) is 37.9 Å². The number of hydrogen-bond acceptors (Lipinski definition) is 4. The maximum atomic E-state index is 13.8. The Morgan fingerprint density at radius 2 is 2.30 bits per heavy atom. The van der Waals surface area contributed by atoms with Crippen molar-refractivity contribution < 1.29 is 9.18 Å². The predicted molar refractivity (Wildman–Crippen MR) is 106 cm³/mol. The van der Waals surface area contributed by atoms with Crippen LogP contribution in [0.15, 0.2) is 48.0 Å². The van der Waals surface area contributed by atoms with E-state index in [4.69, 9.17) is 5.73 Å². The van der Waals surface area contributed by atoms with Crippen LogP contribution in [0.4, 0.5) is 4.39 Å². The SMILES string of the molecule is C=C(N)C1=NC=C(n2ccc3cc(CCC(F)CCNC=O)cnc32)CC1. The Morgan fingerprint density at radius 3 is 3.00 bits per heavy atom. The van der Waals surface area contributed by atoms with Crippen molar-refractivity contribution >= 4 is 28.9 Å². The standard InChI is InChI=1S/C20H24FN5O/c1-14(22)19-5-4-18(12-24-19)26-9-7-16-10-15(11-25-20(16)26)2-3-17(21)6-8-23-13-27/h7,9-13,17H,1-6,8,22H2,(H,23,27). The Labute approximate surface area is 157 Å². The zero-order valence-corrected chi connectivity index (χ0v) is 15.2. The summed E-state index contributed by atoms with van der Waals surface area (Å²) in [5.74, 6) is 0. The smallest absolute Gasteiger partial charge is 0.207 e. The van der Waals surface area contributed by atoms with E-state index in [1.165, 1.54) is 0 Å². The molecule has 2 aromatic heterocycles. The van der Waals surface area contributed by atoms with Crippen molar-refractivity contribution in [1.82, 2.24) is 14.9 Å². The predicted octanol–water partition coefficient (Wildman–Crippen LogP) is 2.95. The molecule has 27 heavy (non-hydrogen) atoms. The van der Waals surface area contributed by atoms with Crippen LogP contribution in [0.1, 0.15) is 31.2 Å². The minimum Gasteiger partial charge on any atom is -0.398 e. The van der Waals surface area contributed by atoms with Gasteiger partial charge in [-0.05, 0) is 49.8 Å². The summed E-state index contributed by atoms with van der Waals surface area (Å²) in [6.45, 7) is 4.09. The molecule has 1 atom stereocenters. The molecule has 3 N–H and O–H groups in total. The number of nitrogens with zero attached hydrogens (tertiary/aromatic N) is 3. The summed E-state index contributed by atoms with van der Waals surface area (Å²) in [7, 11) is 0. The Balaban J connectivity index is 1.68. The molecule has 0 saturated heterocycles. The maximum absolute atomic E-state index is 13.8. The Hall–Kier alpha value is -2.96. The van der Waals surface area contributed by atoms with E-state index in [-0.39, 0.29) is 0 Å². The number of pyridine rings is 1. The summed E-state index contributed by atoms with van der Waals surface area (Å²) >= 11 is 0. The third-order valence-electron chi connectivity index (χ3n) is 4.68. The molecular formula is C20H24FN5O. The topological polar surface area (TPSA) is 85.3 Å². The van der Waals surface area contributed by atoms with Gasteiger partial charge in [0.15, 0.2) is 0 Å². The number of carbonyl (C=O) groups excluding carboxylic acids is 1. The van der Waals surface area contributed by atoms with Crippen LogP contribution in [-0.2, 0) is 11.2 Å². The number of nitrogens with two attached hydrogens (primary N) is 1. The number of amides is 1. The van der Waals surface area contributed by atoms with Crippen molar-refractivity contribution in [3.8, 4) is 0 Å². The molecule has 3 heterocycles. The van der Waals surface area contributed by atoms with Crippen LogP contribution in [0.2, 0.25) is 0 Å². The summed E-state index contributed by atoms with van der Waals surface area (Å²) in [5, 5.41) is 3.50. The van der Waals surface area contributed by atoms with Crippen molar-refractivity contribution in [3.05, 3.63) is 48.6 Å². The molecule has 0 radical (unpaired) electrons. The number of aromatic nitrogens is 2. The molecule has 1 amide bonds. The lowest BCUT2D eigenvalue weighted by atomic mass is 10.1. The highest BCUT2D eigenvalue weighted by molar-refractivity contribution is 6.01. The molecule has 3 rings (SSSR count). The van der Waals surface area contributed by atoms with Crippen LogP contribution in [0.25, 0.3) is 16.7 Å². The average Bonchev–Trinajstić information content (AvgIpc) is 3.10. The zero-order valence-electron chi connectivity index (χ0n) is 15.2. The minimum absolute atomic E-state index is 0.330. The van der Waals surface area contributed by atoms with Crippen molar-refractivity contribution in [3.63, 3.8) is 0 Å². The molecule has 1 aliphatic rings. The van der Waals surface area contributed by atoms with Gasteiger partial charge >= 0.3 is 0 Å². The van der Waals surface area contributed by atoms with Gasteiger partial charge in [-0.3, -0.25) is 9.79 Å². The van der Waals surface area contributed by atoms with E-state index in [0.717, 1.165) is 40.8 Å². The monoisotopic (exact) mass is 369 g/mol. The van der Waals surface area contributed by atoms with Crippen LogP contribution < -0.4 is 11.1 Å². The summed E-state index contributed by atoms with van der Waals surface area (Å²) < 4.78 is 15.9. The van der Waals surface area contributed by atoms with Crippen molar-refractivity contribution in [2.24, 2.45) is 10.7 Å². The molecule has 7 heteroatoms. The maximum Gasteiger partial charge on any atom is 0.207 e. The fourth-order valence-corrected chi connectivity index (χ4v) is 3.16. The molecule has 0 spiro atoms. The molecule has 0 saturated carbocycles. The van der Waals surface area contributed by atoms with E-state index >= 15 is 0 Å². The summed E-state index contributed by atoms with van der Waals surface area (Å²) in [6.07, 6.45) is 8.19. The fraction of sp³-hybridized carbons (Fsp3) is 0.350. The first kappa shape index (κ1) is 18.8. The molecule has 1 aliphatic heterocycles. The zero-order chi connectivity index (χ0) is 19.2. The van der Waals surface area contributed by atoms with Gasteiger partial charge in [0.2, 0.25) is 6.41 Å². The van der Waals surface area contributed by atoms with Gasteiger partial charge in [-0.25, -0.2) is 9.37 Å². The third-order valence-corrected chi connectivity index (χ3v) is 4.68. The first-order valence-electron chi connectivity index (χ1n) is 9.06. The lowest BCUT2D eigenvalue weighted by Crippen LogP contribution is -2.17. The highest BCUT2D eigenvalue weighted by Crippen LogP contribution is 2.25. The first-order chi connectivity index (χ1) is 13.1. The molecule has 0 fully saturated rings. The summed E-state index contributed by atoms with van der Waals surface area (Å²) in [6, 6.07) is 4.06. The van der Waals surface area contributed by atoms with Gasteiger partial charge in [0, 0.05) is 41.9 Å². The van der Waals surface area contributed by atoms with Crippen molar-refractivity contribution in [2.75, 3.05) is 6.54 Å². The van der Waals surface area contributed by atoms with E-state index in [1.54, 1.807) is 6.20 Å². The Kier molecular flexibility index (Phi) is 6.01. The van der Waals surface area contributed by atoms with Gasteiger partial charge in [-0.2, -0.15) is 0 Å². The molecular weight excluding hydrogens is 345 g/mol. The van der Waals surface area contributed by atoms with E-state index in [9.17, 15) is 9.18 Å². The lowest BCUT2D eigenvalue weighted by molar-refractivity contribution is -0.109. The third kappa shape index (κ3) is 4.61. The van der Waals surface area contributed by atoms with E-state index < -0.39 is 6.17 Å². The Morgan fingerprint density at radius 1 is 1.44 bits per heavy atom. The Bertz CT molecular complexity index is 899.